The lowest BCUT2D eigenvalue weighted by atomic mass is 9.86. The van der Waals surface area contributed by atoms with E-state index in [1.807, 2.05) is 13.8 Å². The molecule has 3 amide bonds. The maximum atomic E-state index is 13.5. The molecule has 2 aromatic heterocycles. The number of aryl methyl sites for hydroxylation is 1. The maximum absolute atomic E-state index is 13.5. The first-order valence-electron chi connectivity index (χ1n) is 13.7. The lowest BCUT2D eigenvalue weighted by molar-refractivity contribution is -0.131. The van der Waals surface area contributed by atoms with Crippen LogP contribution in [-0.4, -0.2) is 83.3 Å². The summed E-state index contributed by atoms with van der Waals surface area (Å²) in [4.78, 5) is 54.6. The molecule has 0 aromatic carbocycles. The Morgan fingerprint density at radius 1 is 1.18 bits per heavy atom. The van der Waals surface area contributed by atoms with E-state index in [9.17, 15) is 29.4 Å². The number of nitrogens with one attached hydrogen (secondary N) is 1. The molecule has 0 bridgehead atoms. The molecule has 4 heterocycles. The highest BCUT2D eigenvalue weighted by Gasteiger charge is 2.46. The Balaban J connectivity index is 1.52. The summed E-state index contributed by atoms with van der Waals surface area (Å²) in [6.07, 6.45) is 6.74. The summed E-state index contributed by atoms with van der Waals surface area (Å²) in [5.41, 5.74) is -0.186. The number of amides is 3. The van der Waals surface area contributed by atoms with Crippen molar-refractivity contribution in [3.05, 3.63) is 33.3 Å². The van der Waals surface area contributed by atoms with Crippen molar-refractivity contribution in [3.8, 4) is 5.88 Å². The van der Waals surface area contributed by atoms with Gasteiger partial charge in [0.2, 0.25) is 11.8 Å². The molecule has 2 saturated heterocycles. The molecule has 210 valence electrons. The fourth-order valence-corrected chi connectivity index (χ4v) is 6.01. The number of fused-ring (bicyclic) bond motifs is 1. The molecule has 2 aliphatic heterocycles. The molecule has 2 aromatic rings. The van der Waals surface area contributed by atoms with Gasteiger partial charge in [-0.3, -0.25) is 19.0 Å². The first-order chi connectivity index (χ1) is 18.5. The van der Waals surface area contributed by atoms with Gasteiger partial charge in [-0.05, 0) is 57.4 Å². The van der Waals surface area contributed by atoms with Crippen molar-refractivity contribution in [2.24, 2.45) is 5.92 Å². The van der Waals surface area contributed by atoms with E-state index in [0.717, 1.165) is 32.1 Å². The average Bonchev–Trinajstić information content (AvgIpc) is 3.50. The predicted octanol–water partition coefficient (Wildman–Crippen LogP) is 2.21. The van der Waals surface area contributed by atoms with Gasteiger partial charge in [-0.2, -0.15) is 9.61 Å². The normalized spacial score (nSPS) is 21.5. The number of hydrogen-bond acceptors (Lipinski definition) is 6. The van der Waals surface area contributed by atoms with E-state index in [1.54, 1.807) is 17.9 Å². The highest BCUT2D eigenvalue weighted by Crippen LogP contribution is 2.37. The summed E-state index contributed by atoms with van der Waals surface area (Å²) >= 11 is 0. The summed E-state index contributed by atoms with van der Waals surface area (Å²) in [6, 6.07) is 0.00929. The van der Waals surface area contributed by atoms with E-state index >= 15 is 0 Å². The lowest BCUT2D eigenvalue weighted by Gasteiger charge is -2.44. The molecule has 3 aliphatic rings. The molecule has 1 unspecified atom stereocenters. The number of hydrogen-bond donors (Lipinski definition) is 3. The highest BCUT2D eigenvalue weighted by atomic mass is 16.4. The second-order valence-electron chi connectivity index (χ2n) is 11.4. The van der Waals surface area contributed by atoms with Crippen molar-refractivity contribution in [2.75, 3.05) is 19.6 Å². The second-order valence-corrected chi connectivity index (χ2v) is 11.4. The third kappa shape index (κ3) is 4.87. The van der Waals surface area contributed by atoms with Gasteiger partial charge in [-0.25, -0.2) is 4.79 Å². The molecule has 0 radical (unpaired) electrons. The number of aromatic nitrogens is 3. The maximum Gasteiger partial charge on any atom is 0.407 e. The molecular weight excluding hydrogens is 504 g/mol. The van der Waals surface area contributed by atoms with Gasteiger partial charge in [-0.15, -0.1) is 0 Å². The van der Waals surface area contributed by atoms with Crippen LogP contribution < -0.4 is 10.9 Å². The number of piperidine rings is 1. The summed E-state index contributed by atoms with van der Waals surface area (Å²) in [5, 5.41) is 27.7. The zero-order chi connectivity index (χ0) is 28.1. The Hall–Kier alpha value is -3.83. The smallest absolute Gasteiger partial charge is 0.407 e. The quantitative estimate of drug-likeness (QED) is 0.476. The Kier molecular flexibility index (Phi) is 6.90. The molecule has 5 rings (SSSR count). The molecule has 3 fully saturated rings. The van der Waals surface area contributed by atoms with Crippen LogP contribution in [0.15, 0.2) is 10.9 Å². The van der Waals surface area contributed by atoms with Crippen LogP contribution in [-0.2, 0) is 11.3 Å². The summed E-state index contributed by atoms with van der Waals surface area (Å²) in [5.74, 6) is -1.34. The number of carbonyl (C=O) groups excluding carboxylic acids is 2. The van der Waals surface area contributed by atoms with Crippen LogP contribution in [0.2, 0.25) is 0 Å². The molecule has 1 spiro atoms. The molecule has 1 saturated carbocycles. The van der Waals surface area contributed by atoms with E-state index in [-0.39, 0.29) is 30.0 Å². The minimum absolute atomic E-state index is 0.00929. The van der Waals surface area contributed by atoms with Crippen LogP contribution >= 0.6 is 0 Å². The van der Waals surface area contributed by atoms with Crippen molar-refractivity contribution in [1.82, 2.24) is 29.3 Å². The Morgan fingerprint density at radius 2 is 1.87 bits per heavy atom. The highest BCUT2D eigenvalue weighted by molar-refractivity contribution is 5.97. The van der Waals surface area contributed by atoms with E-state index in [0.29, 0.717) is 43.0 Å². The predicted molar refractivity (Wildman–Crippen MR) is 143 cm³/mol. The molecule has 1 aliphatic carbocycles. The van der Waals surface area contributed by atoms with Crippen LogP contribution in [0.4, 0.5) is 4.79 Å². The lowest BCUT2D eigenvalue weighted by Crippen LogP contribution is -2.58. The van der Waals surface area contributed by atoms with Crippen molar-refractivity contribution in [3.63, 3.8) is 0 Å². The van der Waals surface area contributed by atoms with Crippen molar-refractivity contribution < 1.29 is 24.6 Å². The molecular formula is C27H36N6O6. The summed E-state index contributed by atoms with van der Waals surface area (Å²) in [6.45, 7) is 7.20. The molecule has 39 heavy (non-hydrogen) atoms. The monoisotopic (exact) mass is 540 g/mol. The van der Waals surface area contributed by atoms with Crippen molar-refractivity contribution in [2.45, 2.75) is 77.4 Å². The van der Waals surface area contributed by atoms with E-state index in [1.165, 1.54) is 20.1 Å². The summed E-state index contributed by atoms with van der Waals surface area (Å²) in [7, 11) is 0. The largest absolute Gasteiger partial charge is 0.492 e. The zero-order valence-electron chi connectivity index (χ0n) is 22.6. The number of nitrogens with zero attached hydrogens (tertiary/aromatic N) is 5. The van der Waals surface area contributed by atoms with Gasteiger partial charge >= 0.3 is 6.09 Å². The van der Waals surface area contributed by atoms with Gasteiger partial charge in [0.05, 0.1) is 11.2 Å². The first-order valence-corrected chi connectivity index (χ1v) is 13.7. The van der Waals surface area contributed by atoms with Gasteiger partial charge in [0.25, 0.3) is 11.5 Å². The Morgan fingerprint density at radius 3 is 2.51 bits per heavy atom. The van der Waals surface area contributed by atoms with Crippen LogP contribution in [0.1, 0.15) is 74.0 Å². The van der Waals surface area contributed by atoms with Gasteiger partial charge in [0.15, 0.2) is 5.56 Å². The third-order valence-corrected chi connectivity index (χ3v) is 7.99. The average molecular weight is 541 g/mol. The van der Waals surface area contributed by atoms with E-state index < -0.39 is 29.0 Å². The van der Waals surface area contributed by atoms with Crippen LogP contribution in [0.25, 0.3) is 11.7 Å². The zero-order valence-corrected chi connectivity index (χ0v) is 22.6. The van der Waals surface area contributed by atoms with Crippen LogP contribution in [0.3, 0.4) is 0 Å². The number of likely N-dealkylation sites (tertiary alicyclic amines) is 2. The third-order valence-electron chi connectivity index (χ3n) is 7.99. The fourth-order valence-electron chi connectivity index (χ4n) is 6.01. The number of carbonyl (C=O) groups is 3. The minimum atomic E-state index is -0.973. The van der Waals surface area contributed by atoms with Gasteiger partial charge in [0, 0.05) is 43.9 Å². The first kappa shape index (κ1) is 26.8. The molecule has 3 N–H and O–H groups in total. The van der Waals surface area contributed by atoms with Crippen molar-refractivity contribution in [1.29, 1.82) is 0 Å². The second kappa shape index (κ2) is 10.0. The Labute approximate surface area is 225 Å². The Bertz CT molecular complexity index is 1420. The summed E-state index contributed by atoms with van der Waals surface area (Å²) < 4.78 is 2.65. The molecule has 12 nitrogen and oxygen atoms in total. The van der Waals surface area contributed by atoms with Crippen LogP contribution in [0.5, 0.6) is 5.88 Å². The van der Waals surface area contributed by atoms with E-state index in [2.05, 4.69) is 10.4 Å². The van der Waals surface area contributed by atoms with Gasteiger partial charge in [-0.1, -0.05) is 13.8 Å². The minimum Gasteiger partial charge on any atom is -0.492 e. The topological polar surface area (TPSA) is 149 Å². The van der Waals surface area contributed by atoms with E-state index in [4.69, 9.17) is 0 Å². The standard InChI is InChI=1S/C27H36N6O6/c1-16(2)14-31-23-19(17(3)29-33(23)25(37)21(24(31)36)22(35)28-18-6-7-18)8-9-20(34)32-13-5-11-27(32)10-4-12-30(15-27)26(38)39/h8-9,16,18,37H,4-7,10-15H2,1-3H3,(H,28,35)(H,38,39)/b9-8+. The number of rotatable bonds is 6. The van der Waals surface area contributed by atoms with Gasteiger partial charge in [0.1, 0.15) is 5.65 Å². The fraction of sp³-hybridized carbons (Fsp3) is 0.593. The molecule has 12 heteroatoms. The van der Waals surface area contributed by atoms with Crippen molar-refractivity contribution >= 4 is 29.6 Å². The number of carboxylic acid groups (broad SMARTS) is 1. The van der Waals surface area contributed by atoms with Gasteiger partial charge < -0.3 is 25.3 Å². The number of aromatic hydroxyl groups is 1. The van der Waals surface area contributed by atoms with Crippen LogP contribution in [0, 0.1) is 12.8 Å². The SMILES string of the molecule is Cc1nn2c(O)c(C(=O)NC3CC3)c(=O)n(CC(C)C)c2c1/C=C/C(=O)N1CCCC12CCCN(C(=O)O)C2. The molecule has 1 atom stereocenters.